The summed E-state index contributed by atoms with van der Waals surface area (Å²) in [5.74, 6) is 1.72. The smallest absolute Gasteiger partial charge is 0.437 e. The van der Waals surface area contributed by atoms with Crippen LogP contribution in [0.15, 0.2) is 155 Å². The van der Waals surface area contributed by atoms with Gasteiger partial charge >= 0.3 is 11.8 Å². The summed E-state index contributed by atoms with van der Waals surface area (Å²) in [6, 6.07) is 44.2. The summed E-state index contributed by atoms with van der Waals surface area (Å²) in [5.41, 5.74) is 7.43. The fourth-order valence-electron chi connectivity index (χ4n) is 6.20. The number of halogens is 2. The standard InChI is InChI=1S/C26H28ClN3O4.C25H23ClN2O4.CH4/c1-18(2)34-24-14-11-21(15-23(24)27)25(31)29-30(26(32)28-3)16-19-9-12-22(13-10-19)33-17-20-7-5-4-6-8-20;1-17(2)31-23-13-10-20(14-22(23)26)24-27-28(25(29)32-24)15-18-8-11-21(12-9-18)30-16-19-6-4-3-5-7-19;/h4-15,18H,16-17H2,1-3H3,(H,28,32)(H,29,31);3-14,17H,15-16H2,1-2H3;1H4. The van der Waals surface area contributed by atoms with Crippen LogP contribution in [0, 0.1) is 0 Å². The quantitative estimate of drug-likeness (QED) is 0.0904. The number of amides is 3. The highest BCUT2D eigenvalue weighted by Crippen LogP contribution is 2.30. The van der Waals surface area contributed by atoms with Crippen LogP contribution in [-0.4, -0.2) is 46.0 Å². The van der Waals surface area contributed by atoms with Crippen molar-refractivity contribution in [3.05, 3.63) is 194 Å². The predicted molar refractivity (Wildman–Crippen MR) is 262 cm³/mol. The van der Waals surface area contributed by atoms with Crippen molar-refractivity contribution in [3.8, 4) is 34.5 Å². The Morgan fingerprint density at radius 2 is 1.18 bits per heavy atom. The number of carbonyl (C=O) groups excluding carboxylic acids is 2. The molecule has 0 aliphatic rings. The highest BCUT2D eigenvalue weighted by atomic mass is 35.5. The Balaban J connectivity index is 0.000000247. The van der Waals surface area contributed by atoms with E-state index in [2.05, 4.69) is 15.8 Å². The van der Waals surface area contributed by atoms with E-state index < -0.39 is 17.7 Å². The second-order valence-electron chi connectivity index (χ2n) is 15.4. The number of hydrogen-bond acceptors (Lipinski definition) is 9. The maximum Gasteiger partial charge on any atom is 0.437 e. The molecule has 3 amide bonds. The molecule has 0 atom stereocenters. The molecule has 13 nitrogen and oxygen atoms in total. The third kappa shape index (κ3) is 15.4. The number of hydrogen-bond donors (Lipinski definition) is 2. The predicted octanol–water partition coefficient (Wildman–Crippen LogP) is 11.4. The van der Waals surface area contributed by atoms with E-state index in [1.54, 1.807) is 30.3 Å². The van der Waals surface area contributed by atoms with Gasteiger partial charge in [-0.25, -0.2) is 14.6 Å². The van der Waals surface area contributed by atoms with Gasteiger partial charge in [0.2, 0.25) is 5.89 Å². The molecule has 7 rings (SSSR count). The number of benzene rings is 6. The molecule has 67 heavy (non-hydrogen) atoms. The molecule has 6 aromatic carbocycles. The van der Waals surface area contributed by atoms with E-state index in [0.29, 0.717) is 51.6 Å². The first-order valence-electron chi connectivity index (χ1n) is 21.2. The number of aromatic nitrogens is 2. The zero-order valence-electron chi connectivity index (χ0n) is 37.2. The van der Waals surface area contributed by atoms with E-state index in [0.717, 1.165) is 28.0 Å². The summed E-state index contributed by atoms with van der Waals surface area (Å²) in [6.07, 6.45) is -0.0401. The zero-order chi connectivity index (χ0) is 47.0. The highest BCUT2D eigenvalue weighted by molar-refractivity contribution is 6.32. The Hall–Kier alpha value is -7.22. The zero-order valence-corrected chi connectivity index (χ0v) is 38.7. The summed E-state index contributed by atoms with van der Waals surface area (Å²) in [5, 5.41) is 8.80. The lowest BCUT2D eigenvalue weighted by atomic mass is 10.2. The molecule has 0 unspecified atom stereocenters. The lowest BCUT2D eigenvalue weighted by Gasteiger charge is -2.23. The van der Waals surface area contributed by atoms with Crippen molar-refractivity contribution in [2.45, 2.75) is 73.6 Å². The molecule has 15 heteroatoms. The first-order chi connectivity index (χ1) is 31.8. The van der Waals surface area contributed by atoms with Crippen LogP contribution in [-0.2, 0) is 26.3 Å². The third-order valence-electron chi connectivity index (χ3n) is 9.42. The van der Waals surface area contributed by atoms with Crippen molar-refractivity contribution < 1.29 is 33.0 Å². The molecule has 0 aliphatic carbocycles. The van der Waals surface area contributed by atoms with Crippen LogP contribution in [0.1, 0.15) is 67.7 Å². The third-order valence-corrected chi connectivity index (χ3v) is 10.0. The second-order valence-corrected chi connectivity index (χ2v) is 16.2. The molecular weight excluding hydrogens is 894 g/mol. The molecule has 7 aromatic rings. The lowest BCUT2D eigenvalue weighted by molar-refractivity contribution is 0.0819. The Bertz CT molecular complexity index is 2710. The van der Waals surface area contributed by atoms with Crippen LogP contribution >= 0.6 is 23.2 Å². The van der Waals surface area contributed by atoms with Crippen molar-refractivity contribution in [1.82, 2.24) is 25.5 Å². The van der Waals surface area contributed by atoms with E-state index >= 15 is 0 Å². The summed E-state index contributed by atoms with van der Waals surface area (Å²) in [7, 11) is 1.50. The fourth-order valence-corrected chi connectivity index (χ4v) is 6.65. The molecule has 350 valence electrons. The Labute approximate surface area is 401 Å². The van der Waals surface area contributed by atoms with Gasteiger partial charge in [-0.1, -0.05) is 116 Å². The highest BCUT2D eigenvalue weighted by Gasteiger charge is 2.19. The Kier molecular flexibility index (Phi) is 18.9. The molecule has 0 saturated carbocycles. The molecule has 1 aromatic heterocycles. The summed E-state index contributed by atoms with van der Waals surface area (Å²) < 4.78 is 29.5. The van der Waals surface area contributed by atoms with Crippen molar-refractivity contribution >= 4 is 35.1 Å². The minimum absolute atomic E-state index is 0. The van der Waals surface area contributed by atoms with Crippen LogP contribution in [0.4, 0.5) is 4.79 Å². The van der Waals surface area contributed by atoms with Gasteiger partial charge in [0, 0.05) is 18.2 Å². The summed E-state index contributed by atoms with van der Waals surface area (Å²) >= 11 is 12.5. The average Bonchev–Trinajstić information content (AvgIpc) is 3.69. The van der Waals surface area contributed by atoms with Crippen molar-refractivity contribution in [2.75, 3.05) is 7.05 Å². The van der Waals surface area contributed by atoms with Gasteiger partial charge in [-0.05, 0) is 111 Å². The number of hydrazine groups is 1. The number of ether oxygens (including phenoxy) is 4. The van der Waals surface area contributed by atoms with Gasteiger partial charge < -0.3 is 28.7 Å². The van der Waals surface area contributed by atoms with E-state index in [-0.39, 0.29) is 38.6 Å². The maximum absolute atomic E-state index is 12.8. The van der Waals surface area contributed by atoms with E-state index in [9.17, 15) is 14.4 Å². The van der Waals surface area contributed by atoms with Gasteiger partial charge in [0.25, 0.3) is 5.91 Å². The molecule has 1 heterocycles. The second kappa shape index (κ2) is 24.9. The number of carbonyl (C=O) groups is 2. The van der Waals surface area contributed by atoms with Gasteiger partial charge in [-0.3, -0.25) is 10.2 Å². The van der Waals surface area contributed by atoms with Crippen LogP contribution in [0.5, 0.6) is 23.0 Å². The topological polar surface area (TPSA) is 146 Å². The largest absolute Gasteiger partial charge is 0.489 e. The average molecular weight is 949 g/mol. The van der Waals surface area contributed by atoms with E-state index in [1.165, 1.54) is 22.8 Å². The van der Waals surface area contributed by atoms with Crippen LogP contribution < -0.4 is 35.4 Å². The van der Waals surface area contributed by atoms with Gasteiger partial charge in [-0.15, -0.1) is 5.10 Å². The lowest BCUT2D eigenvalue weighted by Crippen LogP contribution is -2.49. The Morgan fingerprint density at radius 1 is 0.672 bits per heavy atom. The van der Waals surface area contributed by atoms with Gasteiger partial charge in [-0.2, -0.15) is 4.68 Å². The fraction of sp³-hybridized carbons (Fsp3) is 0.231. The van der Waals surface area contributed by atoms with Gasteiger partial charge in [0.15, 0.2) is 0 Å². The number of rotatable bonds is 16. The minimum atomic E-state index is -0.539. The summed E-state index contributed by atoms with van der Waals surface area (Å²) in [4.78, 5) is 37.4. The normalized spacial score (nSPS) is 10.6. The molecule has 0 saturated heterocycles. The maximum atomic E-state index is 12.8. The Morgan fingerprint density at radius 3 is 1.67 bits per heavy atom. The molecule has 2 N–H and O–H groups in total. The first kappa shape index (κ1) is 50.8. The van der Waals surface area contributed by atoms with E-state index in [1.807, 2.05) is 137 Å². The van der Waals surface area contributed by atoms with Crippen molar-refractivity contribution in [2.24, 2.45) is 0 Å². The van der Waals surface area contributed by atoms with Crippen LogP contribution in [0.3, 0.4) is 0 Å². The number of nitrogens with one attached hydrogen (secondary N) is 2. The molecule has 0 aliphatic heterocycles. The molecule has 0 bridgehead atoms. The van der Waals surface area contributed by atoms with Gasteiger partial charge in [0.05, 0.1) is 35.3 Å². The molecule has 0 spiro atoms. The van der Waals surface area contributed by atoms with E-state index in [4.69, 9.17) is 46.6 Å². The van der Waals surface area contributed by atoms with Crippen LogP contribution in [0.2, 0.25) is 10.0 Å². The number of urea groups is 1. The minimum Gasteiger partial charge on any atom is -0.489 e. The van der Waals surface area contributed by atoms with Crippen LogP contribution in [0.25, 0.3) is 11.5 Å². The number of nitrogens with zero attached hydrogens (tertiary/aromatic N) is 3. The SMILES string of the molecule is C.CC(C)Oc1ccc(-c2nn(Cc3ccc(OCc4ccccc4)cc3)c(=O)o2)cc1Cl.CNC(=O)N(Cc1ccc(OCc2ccccc2)cc1)NC(=O)c1ccc(OC(C)C)c(Cl)c1. The van der Waals surface area contributed by atoms with Crippen molar-refractivity contribution in [3.63, 3.8) is 0 Å². The molecular formula is C52H55Cl2N5O8. The monoisotopic (exact) mass is 947 g/mol. The summed E-state index contributed by atoms with van der Waals surface area (Å²) in [6.45, 7) is 9.02. The van der Waals surface area contributed by atoms with Gasteiger partial charge in [0.1, 0.15) is 36.2 Å². The first-order valence-corrected chi connectivity index (χ1v) is 21.9. The van der Waals surface area contributed by atoms with Crippen molar-refractivity contribution in [1.29, 1.82) is 0 Å². The molecule has 0 radical (unpaired) electrons. The molecule has 0 fully saturated rings.